The summed E-state index contributed by atoms with van der Waals surface area (Å²) >= 11 is 0. The monoisotopic (exact) mass is 444 g/mol. The number of dihydropyridines is 1. The summed E-state index contributed by atoms with van der Waals surface area (Å²) in [5.41, 5.74) is 8.21. The molecule has 2 rings (SSSR count). The Kier molecular flexibility index (Phi) is 8.89. The molecule has 1 aliphatic heterocycles. The normalized spacial score (nSPS) is 14.8. The van der Waals surface area contributed by atoms with Gasteiger partial charge in [-0.05, 0) is 46.6 Å². The number of hydrogen-bond donors (Lipinski definition) is 2. The van der Waals surface area contributed by atoms with Gasteiger partial charge < -0.3 is 25.3 Å². The molecule has 1 aromatic rings. The predicted molar refractivity (Wildman–Crippen MR) is 124 cm³/mol. The topological polar surface area (TPSA) is 99.9 Å². The fourth-order valence-electron chi connectivity index (χ4n) is 4.03. The SMILES string of the molecule is CCOC(=O)C1=C(C)NC(C)=C(C(=O)OCC)C1c1ccccc1OC(CC)(CC)CN. The minimum absolute atomic E-state index is 0.222. The van der Waals surface area contributed by atoms with Crippen LogP contribution in [0, 0.1) is 0 Å². The highest BCUT2D eigenvalue weighted by Crippen LogP contribution is 2.43. The smallest absolute Gasteiger partial charge is 0.336 e. The molecule has 176 valence electrons. The number of carbonyl (C=O) groups is 2. The van der Waals surface area contributed by atoms with E-state index in [-0.39, 0.29) is 13.2 Å². The Bertz CT molecular complexity index is 851. The van der Waals surface area contributed by atoms with Crippen LogP contribution < -0.4 is 15.8 Å². The number of allylic oxidation sites excluding steroid dienone is 2. The van der Waals surface area contributed by atoms with E-state index in [1.807, 2.05) is 38.1 Å². The lowest BCUT2D eigenvalue weighted by molar-refractivity contribution is -0.139. The molecular formula is C25H36N2O5. The Labute approximate surface area is 191 Å². The summed E-state index contributed by atoms with van der Waals surface area (Å²) in [5, 5.41) is 3.16. The van der Waals surface area contributed by atoms with Crippen LogP contribution in [0.5, 0.6) is 5.75 Å². The second kappa shape index (κ2) is 11.2. The van der Waals surface area contributed by atoms with E-state index in [0.717, 1.165) is 12.8 Å². The van der Waals surface area contributed by atoms with Crippen LogP contribution in [0.4, 0.5) is 0 Å². The van der Waals surface area contributed by atoms with Gasteiger partial charge in [-0.15, -0.1) is 0 Å². The van der Waals surface area contributed by atoms with Crippen molar-refractivity contribution in [1.82, 2.24) is 5.32 Å². The molecule has 1 aromatic carbocycles. The van der Waals surface area contributed by atoms with Crippen molar-refractivity contribution >= 4 is 11.9 Å². The molecule has 32 heavy (non-hydrogen) atoms. The molecule has 0 aliphatic carbocycles. The maximum atomic E-state index is 13.0. The predicted octanol–water partition coefficient (Wildman–Crippen LogP) is 3.94. The molecule has 1 aliphatic rings. The Balaban J connectivity index is 2.74. The number of esters is 2. The van der Waals surface area contributed by atoms with Crippen molar-refractivity contribution in [2.75, 3.05) is 19.8 Å². The van der Waals surface area contributed by atoms with Gasteiger partial charge in [0.25, 0.3) is 0 Å². The Hall–Kier alpha value is -2.80. The standard InChI is InChI=1S/C25H36N2O5/c1-7-25(8-2,15-26)32-19-14-12-11-13-18(19)22-20(23(28)30-9-3)16(5)27-17(6)21(22)24(29)31-10-4/h11-14,22,27H,7-10,15,26H2,1-6H3. The van der Waals surface area contributed by atoms with Gasteiger partial charge in [0.1, 0.15) is 11.4 Å². The number of ether oxygens (including phenoxy) is 3. The summed E-state index contributed by atoms with van der Waals surface area (Å²) in [6, 6.07) is 7.45. The van der Waals surface area contributed by atoms with Crippen LogP contribution in [-0.2, 0) is 19.1 Å². The van der Waals surface area contributed by atoms with Gasteiger partial charge in [-0.3, -0.25) is 0 Å². The molecule has 0 aromatic heterocycles. The molecule has 1 heterocycles. The Morgan fingerprint density at radius 2 is 1.44 bits per heavy atom. The average Bonchev–Trinajstić information content (AvgIpc) is 2.77. The largest absolute Gasteiger partial charge is 0.486 e. The first-order valence-corrected chi connectivity index (χ1v) is 11.3. The molecule has 0 atom stereocenters. The van der Waals surface area contributed by atoms with Gasteiger partial charge in [-0.2, -0.15) is 0 Å². The maximum Gasteiger partial charge on any atom is 0.336 e. The van der Waals surface area contributed by atoms with E-state index < -0.39 is 23.5 Å². The average molecular weight is 445 g/mol. The summed E-state index contributed by atoms with van der Waals surface area (Å²) in [5.74, 6) is -1.09. The van der Waals surface area contributed by atoms with Crippen LogP contribution >= 0.6 is 0 Å². The van der Waals surface area contributed by atoms with Crippen molar-refractivity contribution in [3.05, 3.63) is 52.4 Å². The van der Waals surface area contributed by atoms with E-state index >= 15 is 0 Å². The first kappa shape index (κ1) is 25.5. The zero-order valence-electron chi connectivity index (χ0n) is 20.0. The number of para-hydroxylation sites is 1. The Morgan fingerprint density at radius 1 is 0.938 bits per heavy atom. The highest BCUT2D eigenvalue weighted by Gasteiger charge is 2.40. The lowest BCUT2D eigenvalue weighted by Crippen LogP contribution is -2.43. The van der Waals surface area contributed by atoms with Crippen molar-refractivity contribution in [2.24, 2.45) is 5.73 Å². The van der Waals surface area contributed by atoms with Crippen molar-refractivity contribution in [3.63, 3.8) is 0 Å². The van der Waals surface area contributed by atoms with Gasteiger partial charge in [-0.25, -0.2) is 9.59 Å². The number of nitrogens with one attached hydrogen (secondary N) is 1. The molecule has 0 spiro atoms. The highest BCUT2D eigenvalue weighted by atomic mass is 16.5. The molecule has 0 saturated carbocycles. The van der Waals surface area contributed by atoms with Gasteiger partial charge in [0.05, 0.1) is 30.3 Å². The minimum atomic E-state index is -0.699. The molecule has 3 N–H and O–H groups in total. The van der Waals surface area contributed by atoms with E-state index in [2.05, 4.69) is 5.32 Å². The van der Waals surface area contributed by atoms with Gasteiger partial charge in [0, 0.05) is 23.5 Å². The summed E-state index contributed by atoms with van der Waals surface area (Å²) in [4.78, 5) is 26.1. The van der Waals surface area contributed by atoms with E-state index in [1.165, 1.54) is 0 Å². The lowest BCUT2D eigenvalue weighted by atomic mass is 9.80. The van der Waals surface area contributed by atoms with E-state index in [0.29, 0.717) is 40.4 Å². The fourth-order valence-corrected chi connectivity index (χ4v) is 4.03. The van der Waals surface area contributed by atoms with Gasteiger partial charge >= 0.3 is 11.9 Å². The van der Waals surface area contributed by atoms with Crippen LogP contribution in [0.25, 0.3) is 0 Å². The molecule has 0 bridgehead atoms. The number of carbonyl (C=O) groups excluding carboxylic acids is 2. The summed E-state index contributed by atoms with van der Waals surface area (Å²) in [6.07, 6.45) is 1.44. The first-order chi connectivity index (χ1) is 15.3. The van der Waals surface area contributed by atoms with Crippen molar-refractivity contribution in [3.8, 4) is 5.75 Å². The van der Waals surface area contributed by atoms with Crippen molar-refractivity contribution in [2.45, 2.75) is 65.9 Å². The minimum Gasteiger partial charge on any atom is -0.486 e. The quantitative estimate of drug-likeness (QED) is 0.527. The van der Waals surface area contributed by atoms with E-state index in [1.54, 1.807) is 27.7 Å². The third kappa shape index (κ3) is 5.15. The van der Waals surface area contributed by atoms with Crippen molar-refractivity contribution in [1.29, 1.82) is 0 Å². The Morgan fingerprint density at radius 3 is 1.88 bits per heavy atom. The number of hydrogen-bond acceptors (Lipinski definition) is 7. The zero-order valence-corrected chi connectivity index (χ0v) is 20.0. The molecule has 0 fully saturated rings. The summed E-state index contributed by atoms with van der Waals surface area (Å²) in [7, 11) is 0. The van der Waals surface area contributed by atoms with E-state index in [9.17, 15) is 9.59 Å². The van der Waals surface area contributed by atoms with Crippen molar-refractivity contribution < 1.29 is 23.8 Å². The molecule has 0 amide bonds. The van der Waals surface area contributed by atoms with Crippen LogP contribution in [0.15, 0.2) is 46.8 Å². The second-order valence-electron chi connectivity index (χ2n) is 7.81. The molecule has 7 heteroatoms. The van der Waals surface area contributed by atoms with Crippen LogP contribution in [0.3, 0.4) is 0 Å². The molecule has 7 nitrogen and oxygen atoms in total. The van der Waals surface area contributed by atoms with Crippen LogP contribution in [0.2, 0.25) is 0 Å². The fraction of sp³-hybridized carbons (Fsp3) is 0.520. The molecular weight excluding hydrogens is 408 g/mol. The van der Waals surface area contributed by atoms with E-state index in [4.69, 9.17) is 19.9 Å². The zero-order chi connectivity index (χ0) is 23.9. The molecule has 0 unspecified atom stereocenters. The number of nitrogens with two attached hydrogens (primary N) is 1. The summed E-state index contributed by atoms with van der Waals surface area (Å²) in [6.45, 7) is 12.0. The first-order valence-electron chi connectivity index (χ1n) is 11.3. The van der Waals surface area contributed by atoms with Gasteiger partial charge in [0.2, 0.25) is 0 Å². The highest BCUT2D eigenvalue weighted by molar-refractivity contribution is 6.00. The number of rotatable bonds is 10. The van der Waals surface area contributed by atoms with Crippen LogP contribution in [-0.4, -0.2) is 37.3 Å². The summed E-state index contributed by atoms with van der Waals surface area (Å²) < 4.78 is 17.2. The van der Waals surface area contributed by atoms with Gasteiger partial charge in [-0.1, -0.05) is 32.0 Å². The third-order valence-electron chi connectivity index (χ3n) is 5.97. The van der Waals surface area contributed by atoms with Crippen LogP contribution in [0.1, 0.15) is 65.9 Å². The number of benzene rings is 1. The maximum absolute atomic E-state index is 13.0. The van der Waals surface area contributed by atoms with Gasteiger partial charge in [0.15, 0.2) is 0 Å². The second-order valence-corrected chi connectivity index (χ2v) is 7.81. The molecule has 0 radical (unpaired) electrons. The third-order valence-corrected chi connectivity index (χ3v) is 5.97. The lowest BCUT2D eigenvalue weighted by Gasteiger charge is -2.35. The molecule has 0 saturated heterocycles.